The number of amides is 2. The molecule has 0 aromatic rings. The fourth-order valence-corrected chi connectivity index (χ4v) is 2.88. The Morgan fingerprint density at radius 2 is 1.83 bits per heavy atom. The molecule has 2 rings (SSSR count). The number of hydrogen-bond acceptors (Lipinski definition) is 2. The van der Waals surface area contributed by atoms with Crippen LogP contribution in [0.15, 0.2) is 0 Å². The molecule has 5 nitrogen and oxygen atoms in total. The molecule has 2 aliphatic rings. The van der Waals surface area contributed by atoms with Gasteiger partial charge >= 0.3 is 12.0 Å². The number of carbonyl (C=O) groups is 2. The van der Waals surface area contributed by atoms with E-state index in [-0.39, 0.29) is 12.1 Å². The molecule has 0 aliphatic heterocycles. The predicted molar refractivity (Wildman–Crippen MR) is 67.3 cm³/mol. The Labute approximate surface area is 107 Å². The lowest BCUT2D eigenvalue weighted by molar-refractivity contribution is -0.148. The van der Waals surface area contributed by atoms with Crippen LogP contribution in [0, 0.1) is 5.92 Å². The van der Waals surface area contributed by atoms with Gasteiger partial charge in [0.15, 0.2) is 0 Å². The molecule has 0 aromatic heterocycles. The van der Waals surface area contributed by atoms with Crippen molar-refractivity contribution in [3.05, 3.63) is 0 Å². The summed E-state index contributed by atoms with van der Waals surface area (Å²) >= 11 is 0. The average Bonchev–Trinajstić information content (AvgIpc) is 2.26. The van der Waals surface area contributed by atoms with Crippen molar-refractivity contribution in [1.82, 2.24) is 10.6 Å². The van der Waals surface area contributed by atoms with E-state index >= 15 is 0 Å². The molecule has 2 amide bonds. The summed E-state index contributed by atoms with van der Waals surface area (Å²) in [6.45, 7) is 2.14. The zero-order chi connectivity index (χ0) is 13.2. The van der Waals surface area contributed by atoms with Gasteiger partial charge < -0.3 is 15.7 Å². The van der Waals surface area contributed by atoms with Crippen molar-refractivity contribution in [1.29, 1.82) is 0 Å². The molecule has 5 heteroatoms. The first-order valence-corrected chi connectivity index (χ1v) is 6.85. The number of carbonyl (C=O) groups excluding carboxylic acids is 1. The van der Waals surface area contributed by atoms with E-state index in [4.69, 9.17) is 5.11 Å². The third kappa shape index (κ3) is 2.60. The van der Waals surface area contributed by atoms with Crippen LogP contribution in [-0.2, 0) is 4.79 Å². The van der Waals surface area contributed by atoms with Crippen molar-refractivity contribution >= 4 is 12.0 Å². The minimum atomic E-state index is -1.01. The molecule has 0 saturated heterocycles. The molecule has 0 radical (unpaired) electrons. The second kappa shape index (κ2) is 5.16. The van der Waals surface area contributed by atoms with Gasteiger partial charge in [-0.15, -0.1) is 0 Å². The van der Waals surface area contributed by atoms with Crippen LogP contribution < -0.4 is 10.6 Å². The largest absolute Gasteiger partial charge is 0.480 e. The highest BCUT2D eigenvalue weighted by Gasteiger charge is 2.46. The fourth-order valence-electron chi connectivity index (χ4n) is 2.88. The second-order valence-electron chi connectivity index (χ2n) is 5.71. The molecule has 102 valence electrons. The first kappa shape index (κ1) is 13.2. The van der Waals surface area contributed by atoms with E-state index in [9.17, 15) is 9.59 Å². The molecule has 0 spiro atoms. The molecule has 0 heterocycles. The summed E-state index contributed by atoms with van der Waals surface area (Å²) in [5.41, 5.74) is -1.01. The van der Waals surface area contributed by atoms with Crippen molar-refractivity contribution < 1.29 is 14.7 Å². The molecule has 2 unspecified atom stereocenters. The molecular formula is C13H22N2O3. The van der Waals surface area contributed by atoms with Crippen molar-refractivity contribution in [3.63, 3.8) is 0 Å². The highest BCUT2D eigenvalue weighted by Crippen LogP contribution is 2.32. The monoisotopic (exact) mass is 254 g/mol. The molecular weight excluding hydrogens is 232 g/mol. The topological polar surface area (TPSA) is 78.4 Å². The summed E-state index contributed by atoms with van der Waals surface area (Å²) in [6, 6.07) is -0.138. The standard InChI is InChI=1S/C13H22N2O3/c1-9-5-2-3-6-10(9)14-12(18)15-13(11(16)17)7-4-8-13/h9-10H,2-8H2,1H3,(H,16,17)(H2,14,15,18). The lowest BCUT2D eigenvalue weighted by Gasteiger charge is -2.39. The molecule has 0 aromatic carbocycles. The summed E-state index contributed by atoms with van der Waals surface area (Å²) in [5, 5.41) is 14.7. The zero-order valence-electron chi connectivity index (χ0n) is 10.9. The molecule has 3 N–H and O–H groups in total. The van der Waals surface area contributed by atoms with E-state index in [1.165, 1.54) is 6.42 Å². The van der Waals surface area contributed by atoms with Crippen molar-refractivity contribution in [2.75, 3.05) is 0 Å². The van der Waals surface area contributed by atoms with Crippen LogP contribution in [0.25, 0.3) is 0 Å². The number of rotatable bonds is 3. The van der Waals surface area contributed by atoms with E-state index in [0.29, 0.717) is 18.8 Å². The number of carboxylic acids is 1. The van der Waals surface area contributed by atoms with Crippen LogP contribution in [-0.4, -0.2) is 28.7 Å². The predicted octanol–water partition coefficient (Wildman–Crippen LogP) is 1.87. The Morgan fingerprint density at radius 1 is 1.17 bits per heavy atom. The highest BCUT2D eigenvalue weighted by atomic mass is 16.4. The maximum Gasteiger partial charge on any atom is 0.329 e. The smallest absolute Gasteiger partial charge is 0.329 e. The summed E-state index contributed by atoms with van der Waals surface area (Å²) in [6.07, 6.45) is 6.43. The number of nitrogens with one attached hydrogen (secondary N) is 2. The van der Waals surface area contributed by atoms with Crippen LogP contribution in [0.5, 0.6) is 0 Å². The van der Waals surface area contributed by atoms with Crippen LogP contribution >= 0.6 is 0 Å². The number of urea groups is 1. The molecule has 2 saturated carbocycles. The summed E-state index contributed by atoms with van der Waals surface area (Å²) in [4.78, 5) is 23.0. The van der Waals surface area contributed by atoms with E-state index in [2.05, 4.69) is 17.6 Å². The Hall–Kier alpha value is -1.26. The zero-order valence-corrected chi connectivity index (χ0v) is 10.9. The van der Waals surface area contributed by atoms with Crippen molar-refractivity contribution in [2.45, 2.75) is 63.5 Å². The van der Waals surface area contributed by atoms with Gasteiger partial charge in [0.25, 0.3) is 0 Å². The molecule has 0 bridgehead atoms. The van der Waals surface area contributed by atoms with Crippen molar-refractivity contribution in [2.24, 2.45) is 5.92 Å². The van der Waals surface area contributed by atoms with E-state index < -0.39 is 11.5 Å². The van der Waals surface area contributed by atoms with Gasteiger partial charge in [0.1, 0.15) is 5.54 Å². The van der Waals surface area contributed by atoms with E-state index in [1.807, 2.05) is 0 Å². The fraction of sp³-hybridized carbons (Fsp3) is 0.846. The van der Waals surface area contributed by atoms with Gasteiger partial charge in [-0.1, -0.05) is 19.8 Å². The Kier molecular flexibility index (Phi) is 3.78. The normalized spacial score (nSPS) is 30.1. The third-order valence-electron chi connectivity index (χ3n) is 4.40. The third-order valence-corrected chi connectivity index (χ3v) is 4.40. The van der Waals surface area contributed by atoms with Gasteiger partial charge in [-0.25, -0.2) is 9.59 Å². The summed E-state index contributed by atoms with van der Waals surface area (Å²) < 4.78 is 0. The SMILES string of the molecule is CC1CCCCC1NC(=O)NC1(C(=O)O)CCC1. The number of carboxylic acid groups (broad SMARTS) is 1. The van der Waals surface area contributed by atoms with Crippen molar-refractivity contribution in [3.8, 4) is 0 Å². The lowest BCUT2D eigenvalue weighted by atomic mass is 9.77. The van der Waals surface area contributed by atoms with Gasteiger partial charge in [-0.05, 0) is 38.0 Å². The maximum absolute atomic E-state index is 11.9. The van der Waals surface area contributed by atoms with E-state index in [0.717, 1.165) is 25.7 Å². The maximum atomic E-state index is 11.9. The van der Waals surface area contributed by atoms with Crippen LogP contribution in [0.2, 0.25) is 0 Å². The number of hydrogen-bond donors (Lipinski definition) is 3. The van der Waals surface area contributed by atoms with Gasteiger partial charge in [0.05, 0.1) is 0 Å². The molecule has 2 fully saturated rings. The van der Waals surface area contributed by atoms with Crippen LogP contribution in [0.1, 0.15) is 51.9 Å². The molecule has 18 heavy (non-hydrogen) atoms. The molecule has 2 atom stereocenters. The minimum Gasteiger partial charge on any atom is -0.480 e. The van der Waals surface area contributed by atoms with Crippen LogP contribution in [0.4, 0.5) is 4.79 Å². The van der Waals surface area contributed by atoms with Gasteiger partial charge in [0.2, 0.25) is 0 Å². The number of aliphatic carboxylic acids is 1. The van der Waals surface area contributed by atoms with Gasteiger partial charge in [-0.2, -0.15) is 0 Å². The quantitative estimate of drug-likeness (QED) is 0.719. The lowest BCUT2D eigenvalue weighted by Crippen LogP contribution is -2.62. The molecule has 2 aliphatic carbocycles. The second-order valence-corrected chi connectivity index (χ2v) is 5.71. The summed E-state index contributed by atoms with van der Waals surface area (Å²) in [7, 11) is 0. The summed E-state index contributed by atoms with van der Waals surface area (Å²) in [5.74, 6) is -0.438. The first-order valence-electron chi connectivity index (χ1n) is 6.85. The van der Waals surface area contributed by atoms with Gasteiger partial charge in [-0.3, -0.25) is 0 Å². The Morgan fingerprint density at radius 3 is 2.33 bits per heavy atom. The van der Waals surface area contributed by atoms with Crippen LogP contribution in [0.3, 0.4) is 0 Å². The first-order chi connectivity index (χ1) is 8.53. The van der Waals surface area contributed by atoms with E-state index in [1.54, 1.807) is 0 Å². The van der Waals surface area contributed by atoms with Gasteiger partial charge in [0, 0.05) is 6.04 Å². The average molecular weight is 254 g/mol. The minimum absolute atomic E-state index is 0.185. The highest BCUT2D eigenvalue weighted by molar-refractivity contribution is 5.87. The Balaban J connectivity index is 1.86. The Bertz CT molecular complexity index is 339.